The molecule has 0 spiro atoms. The van der Waals surface area contributed by atoms with Crippen LogP contribution < -0.4 is 5.32 Å². The molecule has 0 bridgehead atoms. The summed E-state index contributed by atoms with van der Waals surface area (Å²) in [6.07, 6.45) is 2.47. The standard InChI is InChI=1S/C20H17N3O2S/c1-25-13-16-3-2-4-17(9-16)19(24)23-20-22-12-18(26-20)10-14-5-7-15(11-21)8-6-14/h2-9,12H,10,13H2,1H3,(H,22,23,24). The molecule has 0 aliphatic rings. The monoisotopic (exact) mass is 363 g/mol. The van der Waals surface area contributed by atoms with Crippen LogP contribution in [0.5, 0.6) is 0 Å². The number of carbonyl (C=O) groups is 1. The molecule has 0 atom stereocenters. The maximum atomic E-state index is 12.4. The lowest BCUT2D eigenvalue weighted by Crippen LogP contribution is -2.11. The van der Waals surface area contributed by atoms with E-state index in [2.05, 4.69) is 16.4 Å². The van der Waals surface area contributed by atoms with E-state index in [-0.39, 0.29) is 5.91 Å². The molecule has 2 aromatic carbocycles. The Balaban J connectivity index is 1.65. The third-order valence-electron chi connectivity index (χ3n) is 3.74. The van der Waals surface area contributed by atoms with E-state index in [4.69, 9.17) is 10.00 Å². The predicted molar refractivity (Wildman–Crippen MR) is 101 cm³/mol. The van der Waals surface area contributed by atoms with Gasteiger partial charge in [0.2, 0.25) is 0 Å². The van der Waals surface area contributed by atoms with Crippen LogP contribution in [0.3, 0.4) is 0 Å². The summed E-state index contributed by atoms with van der Waals surface area (Å²) in [7, 11) is 1.62. The van der Waals surface area contributed by atoms with Gasteiger partial charge >= 0.3 is 0 Å². The van der Waals surface area contributed by atoms with Crippen molar-refractivity contribution in [3.05, 3.63) is 81.9 Å². The van der Waals surface area contributed by atoms with Crippen molar-refractivity contribution < 1.29 is 9.53 Å². The summed E-state index contributed by atoms with van der Waals surface area (Å²) < 4.78 is 5.10. The van der Waals surface area contributed by atoms with Crippen molar-refractivity contribution in [2.24, 2.45) is 0 Å². The molecule has 0 aliphatic carbocycles. The fourth-order valence-electron chi connectivity index (χ4n) is 2.48. The summed E-state index contributed by atoms with van der Waals surface area (Å²) in [4.78, 5) is 17.7. The Hall–Kier alpha value is -3.01. The van der Waals surface area contributed by atoms with Crippen LogP contribution in [0.15, 0.2) is 54.7 Å². The smallest absolute Gasteiger partial charge is 0.257 e. The molecule has 1 amide bonds. The highest BCUT2D eigenvalue weighted by Crippen LogP contribution is 2.22. The van der Waals surface area contributed by atoms with Gasteiger partial charge in [0.25, 0.3) is 5.91 Å². The molecule has 6 heteroatoms. The minimum absolute atomic E-state index is 0.192. The third kappa shape index (κ3) is 4.54. The zero-order chi connectivity index (χ0) is 18.4. The molecule has 0 unspecified atom stereocenters. The molecule has 5 nitrogen and oxygen atoms in total. The molecule has 1 aromatic heterocycles. The number of benzene rings is 2. The van der Waals surface area contributed by atoms with E-state index in [0.717, 1.165) is 16.0 Å². The van der Waals surface area contributed by atoms with Crippen molar-refractivity contribution in [2.45, 2.75) is 13.0 Å². The van der Waals surface area contributed by atoms with Crippen LogP contribution in [0.2, 0.25) is 0 Å². The van der Waals surface area contributed by atoms with Crippen molar-refractivity contribution in [1.82, 2.24) is 4.98 Å². The summed E-state index contributed by atoms with van der Waals surface area (Å²) in [5.41, 5.74) is 3.25. The number of methoxy groups -OCH3 is 1. The Morgan fingerprint density at radius 1 is 1.23 bits per heavy atom. The fourth-order valence-corrected chi connectivity index (χ4v) is 3.33. The van der Waals surface area contributed by atoms with Crippen molar-refractivity contribution >= 4 is 22.4 Å². The van der Waals surface area contributed by atoms with Crippen LogP contribution in [0.1, 0.15) is 31.9 Å². The van der Waals surface area contributed by atoms with Crippen molar-refractivity contribution in [3.63, 3.8) is 0 Å². The molecule has 0 fully saturated rings. The Kier molecular flexibility index (Phi) is 5.74. The molecule has 1 heterocycles. The highest BCUT2D eigenvalue weighted by Gasteiger charge is 2.10. The highest BCUT2D eigenvalue weighted by molar-refractivity contribution is 7.15. The van der Waals surface area contributed by atoms with Crippen LogP contribution in [0.25, 0.3) is 0 Å². The Morgan fingerprint density at radius 2 is 2.04 bits per heavy atom. The number of thiazole rings is 1. The van der Waals surface area contributed by atoms with Gasteiger partial charge < -0.3 is 4.74 Å². The zero-order valence-electron chi connectivity index (χ0n) is 14.2. The lowest BCUT2D eigenvalue weighted by Gasteiger charge is -2.04. The third-order valence-corrected chi connectivity index (χ3v) is 4.65. The second-order valence-corrected chi connectivity index (χ2v) is 6.82. The molecule has 3 rings (SSSR count). The summed E-state index contributed by atoms with van der Waals surface area (Å²) in [6, 6.07) is 16.9. The maximum absolute atomic E-state index is 12.4. The van der Waals surface area contributed by atoms with E-state index < -0.39 is 0 Å². The molecular formula is C20H17N3O2S. The largest absolute Gasteiger partial charge is 0.380 e. The first kappa shape index (κ1) is 17.8. The molecule has 130 valence electrons. The molecule has 0 aliphatic heterocycles. The van der Waals surface area contributed by atoms with Gasteiger partial charge in [0.1, 0.15) is 0 Å². The highest BCUT2D eigenvalue weighted by atomic mass is 32.1. The van der Waals surface area contributed by atoms with E-state index in [1.54, 1.807) is 31.5 Å². The van der Waals surface area contributed by atoms with Gasteiger partial charge in [-0.3, -0.25) is 10.1 Å². The second kappa shape index (κ2) is 8.39. The van der Waals surface area contributed by atoms with Crippen LogP contribution in [0.4, 0.5) is 5.13 Å². The van der Waals surface area contributed by atoms with Crippen molar-refractivity contribution in [3.8, 4) is 6.07 Å². The maximum Gasteiger partial charge on any atom is 0.257 e. The topological polar surface area (TPSA) is 75.0 Å². The number of amides is 1. The Morgan fingerprint density at radius 3 is 2.77 bits per heavy atom. The number of ether oxygens (including phenoxy) is 1. The molecule has 3 aromatic rings. The lowest BCUT2D eigenvalue weighted by atomic mass is 10.1. The van der Waals surface area contributed by atoms with Crippen molar-refractivity contribution in [2.75, 3.05) is 12.4 Å². The first-order valence-corrected chi connectivity index (χ1v) is 8.82. The molecular weight excluding hydrogens is 346 g/mol. The first-order chi connectivity index (χ1) is 12.7. The van der Waals surface area contributed by atoms with Gasteiger partial charge in [-0.05, 0) is 35.4 Å². The lowest BCUT2D eigenvalue weighted by molar-refractivity contribution is 0.102. The van der Waals surface area contributed by atoms with E-state index in [0.29, 0.717) is 29.3 Å². The summed E-state index contributed by atoms with van der Waals surface area (Å²) in [5, 5.41) is 12.2. The van der Waals surface area contributed by atoms with Crippen LogP contribution in [-0.2, 0) is 17.8 Å². The average Bonchev–Trinajstić information content (AvgIpc) is 3.09. The van der Waals surface area contributed by atoms with Gasteiger partial charge in [-0.2, -0.15) is 5.26 Å². The summed E-state index contributed by atoms with van der Waals surface area (Å²) in [6.45, 7) is 0.465. The first-order valence-electron chi connectivity index (χ1n) is 8.01. The van der Waals surface area contributed by atoms with Gasteiger partial charge in [0.15, 0.2) is 5.13 Å². The van der Waals surface area contributed by atoms with Crippen LogP contribution in [0, 0.1) is 11.3 Å². The molecule has 0 saturated carbocycles. The number of nitrogens with zero attached hydrogens (tertiary/aromatic N) is 2. The van der Waals surface area contributed by atoms with E-state index in [1.807, 2.05) is 30.3 Å². The van der Waals surface area contributed by atoms with Crippen LogP contribution >= 0.6 is 11.3 Å². The normalized spacial score (nSPS) is 10.3. The fraction of sp³-hybridized carbons (Fsp3) is 0.150. The van der Waals surface area contributed by atoms with E-state index >= 15 is 0 Å². The van der Waals surface area contributed by atoms with Crippen LogP contribution in [-0.4, -0.2) is 18.0 Å². The molecule has 1 N–H and O–H groups in total. The van der Waals surface area contributed by atoms with E-state index in [1.165, 1.54) is 11.3 Å². The minimum Gasteiger partial charge on any atom is -0.380 e. The quantitative estimate of drug-likeness (QED) is 0.718. The number of nitriles is 1. The molecule has 0 saturated heterocycles. The number of rotatable bonds is 6. The van der Waals surface area contributed by atoms with Gasteiger partial charge in [-0.15, -0.1) is 11.3 Å². The Labute approximate surface area is 155 Å². The Bertz CT molecular complexity index is 942. The SMILES string of the molecule is COCc1cccc(C(=O)Nc2ncc(Cc3ccc(C#N)cc3)s2)c1. The molecule has 0 radical (unpaired) electrons. The number of anilines is 1. The second-order valence-electron chi connectivity index (χ2n) is 5.70. The average molecular weight is 363 g/mol. The summed E-state index contributed by atoms with van der Waals surface area (Å²) in [5.74, 6) is -0.192. The van der Waals surface area contributed by atoms with Gasteiger partial charge in [-0.25, -0.2) is 4.98 Å². The predicted octanol–water partition coefficient (Wildman–Crippen LogP) is 4.00. The van der Waals surface area contributed by atoms with Gasteiger partial charge in [0, 0.05) is 30.2 Å². The zero-order valence-corrected chi connectivity index (χ0v) is 15.0. The van der Waals surface area contributed by atoms with Gasteiger partial charge in [-0.1, -0.05) is 24.3 Å². The number of nitrogens with one attached hydrogen (secondary N) is 1. The van der Waals surface area contributed by atoms with Gasteiger partial charge in [0.05, 0.1) is 18.2 Å². The summed E-state index contributed by atoms with van der Waals surface area (Å²) >= 11 is 1.44. The number of hydrogen-bond acceptors (Lipinski definition) is 5. The van der Waals surface area contributed by atoms with E-state index in [9.17, 15) is 4.79 Å². The van der Waals surface area contributed by atoms with Crippen molar-refractivity contribution in [1.29, 1.82) is 5.26 Å². The number of hydrogen-bond donors (Lipinski definition) is 1. The minimum atomic E-state index is -0.192. The number of aromatic nitrogens is 1. The molecule has 26 heavy (non-hydrogen) atoms. The number of carbonyl (C=O) groups excluding carboxylic acids is 1.